The van der Waals surface area contributed by atoms with E-state index in [-0.39, 0.29) is 29.8 Å². The standard InChI is InChI=1S/C19H16F3N5O4/c20-19(21,22)10-31-18-26-16(23-9-11-1-7-14(28)8-2-11)25-17(27-18)24-13-5-3-12(4-6-13)15(29)30/h1-8,28H,9-10H2,(H,29,30)(H2,23,24,25,26,27). The predicted octanol–water partition coefficient (Wildman–Crippen LogP) is 3.57. The number of carboxylic acids is 1. The first kappa shape index (κ1) is 21.6. The van der Waals surface area contributed by atoms with Crippen LogP contribution in [0.1, 0.15) is 15.9 Å². The number of rotatable bonds is 8. The van der Waals surface area contributed by atoms with E-state index in [1.54, 1.807) is 12.1 Å². The number of nitrogens with one attached hydrogen (secondary N) is 2. The first-order valence-corrected chi connectivity index (χ1v) is 8.76. The van der Waals surface area contributed by atoms with Crippen LogP contribution in [0, 0.1) is 0 Å². The number of carboxylic acid groups (broad SMARTS) is 1. The molecule has 0 spiro atoms. The van der Waals surface area contributed by atoms with Crippen molar-refractivity contribution in [1.29, 1.82) is 0 Å². The summed E-state index contributed by atoms with van der Waals surface area (Å²) < 4.78 is 42.1. The van der Waals surface area contributed by atoms with E-state index in [4.69, 9.17) is 5.11 Å². The van der Waals surface area contributed by atoms with Gasteiger partial charge in [-0.2, -0.15) is 28.1 Å². The van der Waals surface area contributed by atoms with Gasteiger partial charge >= 0.3 is 18.2 Å². The van der Waals surface area contributed by atoms with Crippen LogP contribution in [0.15, 0.2) is 48.5 Å². The van der Waals surface area contributed by atoms with Crippen molar-refractivity contribution >= 4 is 23.6 Å². The topological polar surface area (TPSA) is 129 Å². The van der Waals surface area contributed by atoms with Crippen LogP contribution < -0.4 is 15.4 Å². The Morgan fingerprint density at radius 2 is 1.61 bits per heavy atom. The van der Waals surface area contributed by atoms with Crippen molar-refractivity contribution in [2.45, 2.75) is 12.7 Å². The number of alkyl halides is 3. The van der Waals surface area contributed by atoms with E-state index < -0.39 is 24.8 Å². The molecule has 0 radical (unpaired) electrons. The molecule has 2 aromatic carbocycles. The summed E-state index contributed by atoms with van der Waals surface area (Å²) in [6.45, 7) is -1.36. The lowest BCUT2D eigenvalue weighted by atomic mass is 10.2. The van der Waals surface area contributed by atoms with Gasteiger partial charge in [-0.05, 0) is 42.0 Å². The number of anilines is 3. The molecule has 3 aromatic rings. The van der Waals surface area contributed by atoms with Crippen LogP contribution in [0.4, 0.5) is 30.8 Å². The van der Waals surface area contributed by atoms with Gasteiger partial charge in [0, 0.05) is 12.2 Å². The minimum Gasteiger partial charge on any atom is -0.508 e. The van der Waals surface area contributed by atoms with E-state index >= 15 is 0 Å². The molecule has 1 heterocycles. The maximum atomic E-state index is 12.5. The Morgan fingerprint density at radius 1 is 0.968 bits per heavy atom. The second-order valence-electron chi connectivity index (χ2n) is 6.20. The van der Waals surface area contributed by atoms with Crippen LogP contribution in [0.3, 0.4) is 0 Å². The minimum atomic E-state index is -4.58. The van der Waals surface area contributed by atoms with Crippen molar-refractivity contribution in [3.8, 4) is 11.8 Å². The summed E-state index contributed by atoms with van der Waals surface area (Å²) in [7, 11) is 0. The molecule has 0 atom stereocenters. The molecule has 12 heteroatoms. The number of carbonyl (C=O) groups is 1. The summed E-state index contributed by atoms with van der Waals surface area (Å²) in [6, 6.07) is 11.3. The number of aromatic nitrogens is 3. The quantitative estimate of drug-likeness (QED) is 0.420. The average Bonchev–Trinajstić information content (AvgIpc) is 2.72. The number of hydrogen-bond donors (Lipinski definition) is 4. The minimum absolute atomic E-state index is 0.0510. The Bertz CT molecular complexity index is 1040. The van der Waals surface area contributed by atoms with Crippen molar-refractivity contribution in [1.82, 2.24) is 15.0 Å². The molecule has 4 N–H and O–H groups in total. The van der Waals surface area contributed by atoms with E-state index in [2.05, 4.69) is 30.3 Å². The number of aromatic carboxylic acids is 1. The maximum Gasteiger partial charge on any atom is 0.422 e. The lowest BCUT2D eigenvalue weighted by Gasteiger charge is -2.12. The highest BCUT2D eigenvalue weighted by atomic mass is 19.4. The van der Waals surface area contributed by atoms with Crippen molar-refractivity contribution in [2.75, 3.05) is 17.2 Å². The smallest absolute Gasteiger partial charge is 0.422 e. The van der Waals surface area contributed by atoms with Gasteiger partial charge in [0.05, 0.1) is 5.56 Å². The van der Waals surface area contributed by atoms with Crippen LogP contribution in [0.5, 0.6) is 11.8 Å². The fraction of sp³-hybridized carbons (Fsp3) is 0.158. The lowest BCUT2D eigenvalue weighted by molar-refractivity contribution is -0.154. The van der Waals surface area contributed by atoms with Crippen molar-refractivity contribution < 1.29 is 32.9 Å². The third-order valence-corrected chi connectivity index (χ3v) is 3.75. The maximum absolute atomic E-state index is 12.5. The summed E-state index contributed by atoms with van der Waals surface area (Å²) in [6.07, 6.45) is -4.58. The SMILES string of the molecule is O=C(O)c1ccc(Nc2nc(NCc3ccc(O)cc3)nc(OCC(F)(F)F)n2)cc1. The normalized spacial score (nSPS) is 11.1. The van der Waals surface area contributed by atoms with Gasteiger partial charge in [0.2, 0.25) is 11.9 Å². The van der Waals surface area contributed by atoms with Crippen molar-refractivity contribution in [3.63, 3.8) is 0 Å². The largest absolute Gasteiger partial charge is 0.508 e. The summed E-state index contributed by atoms with van der Waals surface area (Å²) in [5.41, 5.74) is 1.23. The Hall–Kier alpha value is -4.09. The molecule has 0 aliphatic heterocycles. The van der Waals surface area contributed by atoms with Gasteiger partial charge in [-0.15, -0.1) is 0 Å². The fourth-order valence-corrected chi connectivity index (χ4v) is 2.32. The zero-order valence-corrected chi connectivity index (χ0v) is 15.7. The molecule has 0 saturated heterocycles. The molecule has 3 rings (SSSR count). The third-order valence-electron chi connectivity index (χ3n) is 3.75. The van der Waals surface area contributed by atoms with E-state index in [0.717, 1.165) is 5.56 Å². The molecule has 0 fully saturated rings. The number of phenolic OH excluding ortho intramolecular Hbond substituents is 1. The van der Waals surface area contributed by atoms with E-state index in [1.807, 2.05) is 0 Å². The Kier molecular flexibility index (Phi) is 6.38. The molecular formula is C19H16F3N5O4. The van der Waals surface area contributed by atoms with Gasteiger partial charge in [-0.25, -0.2) is 4.79 Å². The molecule has 9 nitrogen and oxygen atoms in total. The molecule has 0 amide bonds. The predicted molar refractivity (Wildman–Crippen MR) is 103 cm³/mol. The first-order chi connectivity index (χ1) is 14.7. The number of benzene rings is 2. The number of aromatic hydroxyl groups is 1. The van der Waals surface area contributed by atoms with Gasteiger partial charge < -0.3 is 25.6 Å². The number of phenols is 1. The van der Waals surface area contributed by atoms with Crippen LogP contribution >= 0.6 is 0 Å². The number of nitrogens with zero attached hydrogens (tertiary/aromatic N) is 3. The van der Waals surface area contributed by atoms with Crippen LogP contribution in [0.2, 0.25) is 0 Å². The second kappa shape index (κ2) is 9.15. The molecule has 0 saturated carbocycles. The molecule has 0 bridgehead atoms. The number of hydrogen-bond acceptors (Lipinski definition) is 8. The monoisotopic (exact) mass is 435 g/mol. The molecule has 31 heavy (non-hydrogen) atoms. The van der Waals surface area contributed by atoms with Gasteiger partial charge in [0.25, 0.3) is 0 Å². The van der Waals surface area contributed by atoms with E-state index in [1.165, 1.54) is 36.4 Å². The first-order valence-electron chi connectivity index (χ1n) is 8.76. The third kappa shape index (κ3) is 6.73. The number of ether oxygens (including phenoxy) is 1. The summed E-state index contributed by atoms with van der Waals surface area (Å²) in [4.78, 5) is 22.7. The van der Waals surface area contributed by atoms with Gasteiger partial charge in [0.1, 0.15) is 5.75 Å². The Labute approximate surface area is 173 Å². The highest BCUT2D eigenvalue weighted by Gasteiger charge is 2.29. The molecule has 0 unspecified atom stereocenters. The zero-order valence-electron chi connectivity index (χ0n) is 15.7. The summed E-state index contributed by atoms with van der Waals surface area (Å²) in [5, 5.41) is 23.9. The zero-order chi connectivity index (χ0) is 22.4. The lowest BCUT2D eigenvalue weighted by Crippen LogP contribution is -2.21. The molecular weight excluding hydrogens is 419 g/mol. The van der Waals surface area contributed by atoms with Crippen LogP contribution in [-0.4, -0.2) is 43.9 Å². The average molecular weight is 435 g/mol. The molecule has 162 valence electrons. The summed E-state index contributed by atoms with van der Waals surface area (Å²) in [5.74, 6) is -1.17. The van der Waals surface area contributed by atoms with E-state index in [9.17, 15) is 23.1 Å². The van der Waals surface area contributed by atoms with Gasteiger partial charge in [0.15, 0.2) is 6.61 Å². The fourth-order valence-electron chi connectivity index (χ4n) is 2.32. The Morgan fingerprint density at radius 3 is 2.23 bits per heavy atom. The highest BCUT2D eigenvalue weighted by Crippen LogP contribution is 2.20. The van der Waals surface area contributed by atoms with Crippen LogP contribution in [0.25, 0.3) is 0 Å². The number of halogens is 3. The van der Waals surface area contributed by atoms with Crippen molar-refractivity contribution in [2.24, 2.45) is 0 Å². The molecule has 0 aliphatic rings. The van der Waals surface area contributed by atoms with E-state index in [0.29, 0.717) is 5.69 Å². The van der Waals surface area contributed by atoms with Crippen LogP contribution in [-0.2, 0) is 6.54 Å². The van der Waals surface area contributed by atoms with Crippen molar-refractivity contribution in [3.05, 3.63) is 59.7 Å². The highest BCUT2D eigenvalue weighted by molar-refractivity contribution is 5.88. The summed E-state index contributed by atoms with van der Waals surface area (Å²) >= 11 is 0. The van der Waals surface area contributed by atoms with Gasteiger partial charge in [-0.3, -0.25) is 0 Å². The van der Waals surface area contributed by atoms with Gasteiger partial charge in [-0.1, -0.05) is 12.1 Å². The second-order valence-corrected chi connectivity index (χ2v) is 6.20. The Balaban J connectivity index is 1.79. The molecule has 0 aliphatic carbocycles. The molecule has 1 aromatic heterocycles.